The molecule has 0 spiro atoms. The fourth-order valence-corrected chi connectivity index (χ4v) is 1.34. The van der Waals surface area contributed by atoms with Crippen molar-refractivity contribution in [1.29, 1.82) is 0 Å². The fourth-order valence-electron chi connectivity index (χ4n) is 1.34. The summed E-state index contributed by atoms with van der Waals surface area (Å²) in [6, 6.07) is 0.161. The van der Waals surface area contributed by atoms with Gasteiger partial charge in [0, 0.05) is 18.4 Å². The predicted molar refractivity (Wildman–Crippen MR) is 50.5 cm³/mol. The molecule has 0 unspecified atom stereocenters. The Balaban J connectivity index is 2.92. The Morgan fingerprint density at radius 2 is 2.07 bits per heavy atom. The van der Waals surface area contributed by atoms with Crippen LogP contribution in [0.5, 0.6) is 0 Å². The summed E-state index contributed by atoms with van der Waals surface area (Å²) in [6.45, 7) is 3.90. The Morgan fingerprint density at radius 3 is 2.71 bits per heavy atom. The van der Waals surface area contributed by atoms with E-state index in [0.29, 0.717) is 5.78 Å². The first kappa shape index (κ1) is 8.74. The summed E-state index contributed by atoms with van der Waals surface area (Å²) in [5, 5.41) is 0. The van der Waals surface area contributed by atoms with E-state index in [0.717, 1.165) is 0 Å². The smallest absolute Gasteiger partial charge is 0.314 e. The van der Waals surface area contributed by atoms with Crippen molar-refractivity contribution >= 4 is 5.78 Å². The second kappa shape index (κ2) is 2.83. The fraction of sp³-hybridized carbons (Fsp3) is 0.375. The molecule has 0 saturated carbocycles. The lowest BCUT2D eigenvalue weighted by molar-refractivity contribution is 0.610. The van der Waals surface area contributed by atoms with Crippen molar-refractivity contribution in [3.05, 3.63) is 33.4 Å². The standard InChI is InChI=1S/C8H10N4O2/c1-5(2)11-3-4-12-7(11)9-6(13)10-8(12)14/h3-5H,1-2H3,(H,10,13,14). The van der Waals surface area contributed by atoms with Crippen LogP contribution in [0.25, 0.3) is 5.78 Å². The molecule has 2 aromatic rings. The van der Waals surface area contributed by atoms with Crippen molar-refractivity contribution in [2.45, 2.75) is 19.9 Å². The average Bonchev–Trinajstić information content (AvgIpc) is 2.47. The van der Waals surface area contributed by atoms with Crippen molar-refractivity contribution in [1.82, 2.24) is 18.9 Å². The van der Waals surface area contributed by atoms with E-state index in [4.69, 9.17) is 0 Å². The van der Waals surface area contributed by atoms with Crippen molar-refractivity contribution in [2.75, 3.05) is 0 Å². The quantitative estimate of drug-likeness (QED) is 0.681. The zero-order valence-corrected chi connectivity index (χ0v) is 7.89. The van der Waals surface area contributed by atoms with Crippen LogP contribution in [0.4, 0.5) is 0 Å². The van der Waals surface area contributed by atoms with E-state index in [1.807, 2.05) is 13.8 Å². The molecule has 0 atom stereocenters. The van der Waals surface area contributed by atoms with Crippen LogP contribution in [0, 0.1) is 0 Å². The molecule has 74 valence electrons. The molecule has 6 nitrogen and oxygen atoms in total. The number of hydrogen-bond donors (Lipinski definition) is 1. The molecular formula is C8H10N4O2. The Hall–Kier alpha value is -1.85. The number of nitrogens with zero attached hydrogens (tertiary/aromatic N) is 3. The summed E-state index contributed by atoms with van der Waals surface area (Å²) in [5.74, 6) is 0.369. The van der Waals surface area contributed by atoms with E-state index in [1.165, 1.54) is 4.40 Å². The minimum Gasteiger partial charge on any atom is -0.314 e. The molecule has 2 rings (SSSR count). The summed E-state index contributed by atoms with van der Waals surface area (Å²) >= 11 is 0. The van der Waals surface area contributed by atoms with E-state index in [9.17, 15) is 9.59 Å². The third kappa shape index (κ3) is 1.15. The summed E-state index contributed by atoms with van der Waals surface area (Å²) in [4.78, 5) is 28.1. The van der Waals surface area contributed by atoms with Crippen LogP contribution in [-0.2, 0) is 0 Å². The van der Waals surface area contributed by atoms with Gasteiger partial charge in [0.1, 0.15) is 0 Å². The number of hydrogen-bond acceptors (Lipinski definition) is 3. The maximum Gasteiger partial charge on any atom is 0.352 e. The first-order chi connectivity index (χ1) is 6.59. The summed E-state index contributed by atoms with van der Waals surface area (Å²) < 4.78 is 3.07. The number of fused-ring (bicyclic) bond motifs is 1. The number of aromatic amines is 1. The lowest BCUT2D eigenvalue weighted by Gasteiger charge is -2.06. The maximum absolute atomic E-state index is 11.3. The van der Waals surface area contributed by atoms with Crippen LogP contribution < -0.4 is 11.4 Å². The first-order valence-corrected chi connectivity index (χ1v) is 4.29. The van der Waals surface area contributed by atoms with Crippen molar-refractivity contribution in [3.63, 3.8) is 0 Å². The molecule has 0 aliphatic carbocycles. The number of H-pyrrole nitrogens is 1. The second-order valence-corrected chi connectivity index (χ2v) is 3.32. The van der Waals surface area contributed by atoms with Crippen LogP contribution in [-0.4, -0.2) is 18.9 Å². The Labute approximate surface area is 78.8 Å². The van der Waals surface area contributed by atoms with E-state index >= 15 is 0 Å². The topological polar surface area (TPSA) is 72.2 Å². The van der Waals surface area contributed by atoms with Gasteiger partial charge < -0.3 is 4.57 Å². The predicted octanol–water partition coefficient (Wildman–Crippen LogP) is -0.235. The van der Waals surface area contributed by atoms with Crippen molar-refractivity contribution < 1.29 is 0 Å². The van der Waals surface area contributed by atoms with E-state index in [2.05, 4.69) is 9.97 Å². The van der Waals surface area contributed by atoms with Crippen LogP contribution in [0.3, 0.4) is 0 Å². The molecule has 2 aromatic heterocycles. The van der Waals surface area contributed by atoms with Gasteiger partial charge in [-0.3, -0.25) is 4.98 Å². The van der Waals surface area contributed by atoms with Gasteiger partial charge >= 0.3 is 11.4 Å². The number of rotatable bonds is 1. The highest BCUT2D eigenvalue weighted by Gasteiger charge is 2.07. The van der Waals surface area contributed by atoms with Gasteiger partial charge in [0.05, 0.1) is 0 Å². The van der Waals surface area contributed by atoms with Gasteiger partial charge in [-0.15, -0.1) is 0 Å². The van der Waals surface area contributed by atoms with Crippen LogP contribution in [0.2, 0.25) is 0 Å². The molecule has 14 heavy (non-hydrogen) atoms. The Kier molecular flexibility index (Phi) is 1.77. The lowest BCUT2D eigenvalue weighted by Crippen LogP contribution is -2.28. The molecule has 6 heteroatoms. The number of aromatic nitrogens is 4. The van der Waals surface area contributed by atoms with E-state index < -0.39 is 11.4 Å². The third-order valence-corrected chi connectivity index (χ3v) is 2.01. The SMILES string of the molecule is CC(C)n1ccn2c(=O)[nH]c(=O)nc12. The molecule has 0 fully saturated rings. The molecule has 2 heterocycles. The second-order valence-electron chi connectivity index (χ2n) is 3.32. The van der Waals surface area contributed by atoms with E-state index in [-0.39, 0.29) is 6.04 Å². The summed E-state index contributed by atoms with van der Waals surface area (Å²) in [6.07, 6.45) is 3.31. The van der Waals surface area contributed by atoms with Crippen LogP contribution in [0.15, 0.2) is 22.0 Å². The number of imidazole rings is 1. The Morgan fingerprint density at radius 1 is 1.36 bits per heavy atom. The first-order valence-electron chi connectivity index (χ1n) is 4.29. The third-order valence-electron chi connectivity index (χ3n) is 2.01. The van der Waals surface area contributed by atoms with Gasteiger partial charge in [0.2, 0.25) is 5.78 Å². The highest BCUT2D eigenvalue weighted by Crippen LogP contribution is 2.06. The average molecular weight is 194 g/mol. The molecule has 0 aromatic carbocycles. The van der Waals surface area contributed by atoms with Crippen LogP contribution in [0.1, 0.15) is 19.9 Å². The van der Waals surface area contributed by atoms with E-state index in [1.54, 1.807) is 17.0 Å². The molecular weight excluding hydrogens is 184 g/mol. The normalized spacial score (nSPS) is 11.4. The minimum absolute atomic E-state index is 0.161. The van der Waals surface area contributed by atoms with Crippen molar-refractivity contribution in [3.8, 4) is 0 Å². The van der Waals surface area contributed by atoms with Gasteiger partial charge in [0.25, 0.3) is 0 Å². The molecule has 0 saturated heterocycles. The summed E-state index contributed by atoms with van der Waals surface area (Å²) in [5.41, 5.74) is -1.07. The zero-order chi connectivity index (χ0) is 10.3. The monoisotopic (exact) mass is 194 g/mol. The molecule has 1 N–H and O–H groups in total. The molecule has 0 radical (unpaired) electrons. The van der Waals surface area contributed by atoms with Gasteiger partial charge in [-0.1, -0.05) is 0 Å². The number of nitrogens with one attached hydrogen (secondary N) is 1. The largest absolute Gasteiger partial charge is 0.352 e. The van der Waals surface area contributed by atoms with Gasteiger partial charge in [-0.2, -0.15) is 4.98 Å². The maximum atomic E-state index is 11.3. The highest BCUT2D eigenvalue weighted by molar-refractivity contribution is 5.28. The van der Waals surface area contributed by atoms with Gasteiger partial charge in [-0.05, 0) is 13.8 Å². The van der Waals surface area contributed by atoms with Gasteiger partial charge in [0.15, 0.2) is 0 Å². The van der Waals surface area contributed by atoms with Gasteiger partial charge in [-0.25, -0.2) is 14.0 Å². The molecule has 0 bridgehead atoms. The zero-order valence-electron chi connectivity index (χ0n) is 7.89. The molecule has 0 aliphatic rings. The van der Waals surface area contributed by atoms with Crippen LogP contribution >= 0.6 is 0 Å². The Bertz CT molecular complexity index is 575. The summed E-state index contributed by atoms with van der Waals surface area (Å²) in [7, 11) is 0. The minimum atomic E-state index is -0.615. The lowest BCUT2D eigenvalue weighted by atomic mass is 10.4. The molecule has 0 aliphatic heterocycles. The van der Waals surface area contributed by atoms with Crippen molar-refractivity contribution in [2.24, 2.45) is 0 Å². The molecule has 0 amide bonds. The highest BCUT2D eigenvalue weighted by atomic mass is 16.2.